The molecule has 0 atom stereocenters. The van der Waals surface area contributed by atoms with E-state index in [0.29, 0.717) is 18.0 Å². The molecule has 0 bridgehead atoms. The largest absolute Gasteiger partial charge is 0.399 e. The molecule has 1 saturated carbocycles. The van der Waals surface area contributed by atoms with E-state index in [2.05, 4.69) is 21.2 Å². The van der Waals surface area contributed by atoms with Crippen molar-refractivity contribution < 1.29 is 4.79 Å². The number of nitrogens with two attached hydrogens (primary N) is 1. The molecule has 1 aliphatic rings. The van der Waals surface area contributed by atoms with Gasteiger partial charge in [0.15, 0.2) is 0 Å². The molecule has 2 rings (SSSR count). The molecule has 1 fully saturated rings. The molecule has 98 valence electrons. The number of carbonyl (C=O) groups is 1. The van der Waals surface area contributed by atoms with Crippen LogP contribution in [0.1, 0.15) is 38.5 Å². The minimum Gasteiger partial charge on any atom is -0.399 e. The fraction of sp³-hybridized carbons (Fsp3) is 0.500. The Morgan fingerprint density at radius 1 is 1.33 bits per heavy atom. The van der Waals surface area contributed by atoms with Gasteiger partial charge in [0.1, 0.15) is 0 Å². The monoisotopic (exact) mass is 310 g/mol. The first kappa shape index (κ1) is 13.4. The Morgan fingerprint density at radius 3 is 2.72 bits per heavy atom. The smallest absolute Gasteiger partial charge is 0.224 e. The standard InChI is InChI=1S/C14H19BrN2O/c15-12-9-11(16)6-7-13(12)17-14(18)8-10-4-2-1-3-5-10/h6-7,9-10H,1-5,8,16H2,(H,17,18). The number of nitrogens with one attached hydrogen (secondary N) is 1. The van der Waals surface area contributed by atoms with E-state index in [1.165, 1.54) is 32.1 Å². The molecule has 1 aliphatic carbocycles. The lowest BCUT2D eigenvalue weighted by Gasteiger charge is -2.21. The van der Waals surface area contributed by atoms with E-state index in [9.17, 15) is 4.79 Å². The summed E-state index contributed by atoms with van der Waals surface area (Å²) in [5.74, 6) is 0.665. The molecule has 0 aliphatic heterocycles. The van der Waals surface area contributed by atoms with Crippen LogP contribution in [0.5, 0.6) is 0 Å². The van der Waals surface area contributed by atoms with Gasteiger partial charge in [0.2, 0.25) is 5.91 Å². The fourth-order valence-electron chi connectivity index (χ4n) is 2.49. The maximum absolute atomic E-state index is 12.0. The van der Waals surface area contributed by atoms with Gasteiger partial charge < -0.3 is 11.1 Å². The summed E-state index contributed by atoms with van der Waals surface area (Å²) in [4.78, 5) is 12.0. The summed E-state index contributed by atoms with van der Waals surface area (Å²) in [5.41, 5.74) is 7.15. The van der Waals surface area contributed by atoms with Crippen LogP contribution in [0.15, 0.2) is 22.7 Å². The van der Waals surface area contributed by atoms with Crippen molar-refractivity contribution in [3.8, 4) is 0 Å². The van der Waals surface area contributed by atoms with Gasteiger partial charge in [-0.25, -0.2) is 0 Å². The van der Waals surface area contributed by atoms with E-state index < -0.39 is 0 Å². The molecule has 0 radical (unpaired) electrons. The lowest BCUT2D eigenvalue weighted by atomic mass is 9.87. The van der Waals surface area contributed by atoms with Gasteiger partial charge in [0.05, 0.1) is 5.69 Å². The zero-order valence-electron chi connectivity index (χ0n) is 10.4. The summed E-state index contributed by atoms with van der Waals surface area (Å²) < 4.78 is 0.833. The fourth-order valence-corrected chi connectivity index (χ4v) is 2.98. The van der Waals surface area contributed by atoms with Crippen LogP contribution in [-0.4, -0.2) is 5.91 Å². The molecule has 0 unspecified atom stereocenters. The Balaban J connectivity index is 1.90. The van der Waals surface area contributed by atoms with Crippen molar-refractivity contribution in [2.24, 2.45) is 5.92 Å². The van der Waals surface area contributed by atoms with Gasteiger partial charge >= 0.3 is 0 Å². The summed E-state index contributed by atoms with van der Waals surface area (Å²) in [6, 6.07) is 5.43. The molecule has 1 aromatic carbocycles. The predicted molar refractivity (Wildman–Crippen MR) is 78.4 cm³/mol. The van der Waals surface area contributed by atoms with E-state index >= 15 is 0 Å². The highest BCUT2D eigenvalue weighted by Crippen LogP contribution is 2.28. The van der Waals surface area contributed by atoms with Crippen molar-refractivity contribution in [2.75, 3.05) is 11.1 Å². The highest BCUT2D eigenvalue weighted by atomic mass is 79.9. The van der Waals surface area contributed by atoms with E-state index in [-0.39, 0.29) is 5.91 Å². The number of hydrogen-bond donors (Lipinski definition) is 2. The highest BCUT2D eigenvalue weighted by Gasteiger charge is 2.17. The predicted octanol–water partition coefficient (Wildman–Crippen LogP) is 3.94. The second-order valence-corrected chi connectivity index (χ2v) is 5.85. The molecule has 0 spiro atoms. The van der Waals surface area contributed by atoms with Gasteiger partial charge in [-0.3, -0.25) is 4.79 Å². The third-order valence-corrected chi connectivity index (χ3v) is 4.12. The number of rotatable bonds is 3. The van der Waals surface area contributed by atoms with E-state index in [4.69, 9.17) is 5.73 Å². The van der Waals surface area contributed by atoms with Crippen molar-refractivity contribution in [2.45, 2.75) is 38.5 Å². The van der Waals surface area contributed by atoms with Crippen LogP contribution in [0.3, 0.4) is 0 Å². The van der Waals surface area contributed by atoms with E-state index in [1.807, 2.05) is 6.07 Å². The Morgan fingerprint density at radius 2 is 2.06 bits per heavy atom. The van der Waals surface area contributed by atoms with Gasteiger partial charge in [-0.15, -0.1) is 0 Å². The van der Waals surface area contributed by atoms with Gasteiger partial charge in [0.25, 0.3) is 0 Å². The van der Waals surface area contributed by atoms with Crippen LogP contribution in [0.25, 0.3) is 0 Å². The van der Waals surface area contributed by atoms with Crippen LogP contribution >= 0.6 is 15.9 Å². The van der Waals surface area contributed by atoms with Crippen LogP contribution in [0.2, 0.25) is 0 Å². The third kappa shape index (κ3) is 3.73. The lowest BCUT2D eigenvalue weighted by molar-refractivity contribution is -0.117. The van der Waals surface area contributed by atoms with Gasteiger partial charge in [-0.05, 0) is 52.9 Å². The molecule has 0 heterocycles. The minimum atomic E-state index is 0.104. The average Bonchev–Trinajstić information content (AvgIpc) is 2.34. The summed E-state index contributed by atoms with van der Waals surface area (Å²) in [6.07, 6.45) is 6.87. The number of carbonyl (C=O) groups excluding carboxylic acids is 1. The average molecular weight is 311 g/mol. The second kappa shape index (κ2) is 6.23. The van der Waals surface area contributed by atoms with Crippen molar-refractivity contribution in [1.82, 2.24) is 0 Å². The molecule has 18 heavy (non-hydrogen) atoms. The first-order valence-electron chi connectivity index (χ1n) is 6.50. The van der Waals surface area contributed by atoms with Crippen LogP contribution in [0.4, 0.5) is 11.4 Å². The molecule has 1 amide bonds. The van der Waals surface area contributed by atoms with E-state index in [0.717, 1.165) is 10.2 Å². The molecule has 4 heteroatoms. The SMILES string of the molecule is Nc1ccc(NC(=O)CC2CCCCC2)c(Br)c1. The van der Waals surface area contributed by atoms with Gasteiger partial charge in [-0.1, -0.05) is 19.3 Å². The number of benzene rings is 1. The highest BCUT2D eigenvalue weighted by molar-refractivity contribution is 9.10. The zero-order chi connectivity index (χ0) is 13.0. The maximum Gasteiger partial charge on any atom is 0.224 e. The van der Waals surface area contributed by atoms with Crippen LogP contribution in [-0.2, 0) is 4.79 Å². The molecule has 0 saturated heterocycles. The summed E-state index contributed by atoms with van der Waals surface area (Å²) >= 11 is 3.41. The summed E-state index contributed by atoms with van der Waals surface area (Å²) in [5, 5.41) is 2.94. The van der Waals surface area contributed by atoms with Crippen molar-refractivity contribution in [3.05, 3.63) is 22.7 Å². The summed E-state index contributed by atoms with van der Waals surface area (Å²) in [7, 11) is 0. The van der Waals surface area contributed by atoms with Crippen molar-refractivity contribution >= 4 is 33.2 Å². The van der Waals surface area contributed by atoms with Gasteiger partial charge in [-0.2, -0.15) is 0 Å². The van der Waals surface area contributed by atoms with Gasteiger partial charge in [0, 0.05) is 16.6 Å². The molecule has 3 N–H and O–H groups in total. The molecule has 1 aromatic rings. The number of nitrogen functional groups attached to an aromatic ring is 1. The normalized spacial score (nSPS) is 16.5. The number of hydrogen-bond acceptors (Lipinski definition) is 2. The molecular formula is C14H19BrN2O. The quantitative estimate of drug-likeness (QED) is 0.831. The number of halogens is 1. The van der Waals surface area contributed by atoms with E-state index in [1.54, 1.807) is 12.1 Å². The Bertz CT molecular complexity index is 428. The first-order chi connectivity index (χ1) is 8.65. The van der Waals surface area contributed by atoms with Crippen LogP contribution < -0.4 is 11.1 Å². The molecular weight excluding hydrogens is 292 g/mol. The maximum atomic E-state index is 12.0. The van der Waals surface area contributed by atoms with Crippen molar-refractivity contribution in [3.63, 3.8) is 0 Å². The Hall–Kier alpha value is -1.03. The Labute approximate surface area is 116 Å². The topological polar surface area (TPSA) is 55.1 Å². The molecule has 0 aromatic heterocycles. The first-order valence-corrected chi connectivity index (χ1v) is 7.29. The summed E-state index contributed by atoms with van der Waals surface area (Å²) in [6.45, 7) is 0. The molecule has 3 nitrogen and oxygen atoms in total. The minimum absolute atomic E-state index is 0.104. The lowest BCUT2D eigenvalue weighted by Crippen LogP contribution is -2.18. The number of anilines is 2. The second-order valence-electron chi connectivity index (χ2n) is 5.00. The van der Waals surface area contributed by atoms with Crippen molar-refractivity contribution in [1.29, 1.82) is 0 Å². The Kier molecular flexibility index (Phi) is 4.64. The zero-order valence-corrected chi connectivity index (χ0v) is 12.0. The third-order valence-electron chi connectivity index (χ3n) is 3.47. The number of amides is 1. The van der Waals surface area contributed by atoms with Crippen LogP contribution in [0, 0.1) is 5.92 Å².